The Morgan fingerprint density at radius 1 is 1.00 bits per heavy atom. The number of aliphatic hydroxyl groups is 1. The number of β-amino-alcohol motifs (C(OH)–C–C–N with tert-alkyl or cyclic N) is 1. The number of halogens is 3. The van der Waals surface area contributed by atoms with E-state index >= 15 is 0 Å². The van der Waals surface area contributed by atoms with E-state index in [-0.39, 0.29) is 42.9 Å². The minimum absolute atomic E-state index is 0.0319. The van der Waals surface area contributed by atoms with Gasteiger partial charge in [0.15, 0.2) is 0 Å². The van der Waals surface area contributed by atoms with Gasteiger partial charge in [-0.1, -0.05) is 34.8 Å². The summed E-state index contributed by atoms with van der Waals surface area (Å²) in [6.45, 7) is 1.33. The van der Waals surface area contributed by atoms with Crippen LogP contribution >= 0.6 is 34.8 Å². The minimum Gasteiger partial charge on any atom is -0.482 e. The molecule has 2 saturated heterocycles. The maximum absolute atomic E-state index is 12.1. The number of fused-ring (bicyclic) bond motifs is 1. The number of benzene rings is 2. The van der Waals surface area contributed by atoms with Crippen molar-refractivity contribution in [2.45, 2.75) is 43.9 Å². The van der Waals surface area contributed by atoms with Crippen molar-refractivity contribution in [1.82, 2.24) is 4.90 Å². The number of hydrogen-bond donors (Lipinski definition) is 1. The third kappa shape index (κ3) is 3.88. The molecule has 2 heterocycles. The van der Waals surface area contributed by atoms with E-state index in [1.807, 2.05) is 6.07 Å². The maximum Gasteiger partial charge on any atom is 0.234 e. The summed E-state index contributed by atoms with van der Waals surface area (Å²) >= 11 is 19.3. The summed E-state index contributed by atoms with van der Waals surface area (Å²) < 4.78 is 6.41. The molecule has 0 radical (unpaired) electrons. The Morgan fingerprint density at radius 3 is 2.41 bits per heavy atom. The Kier molecular flexibility index (Phi) is 5.84. The molecule has 3 atom stereocenters. The number of carbonyl (C=O) groups is 2. The lowest BCUT2D eigenvalue weighted by Crippen LogP contribution is -2.39. The first-order chi connectivity index (χ1) is 15.3. The maximum atomic E-state index is 12.1. The number of ether oxygens (including phenoxy) is 1. The van der Waals surface area contributed by atoms with Crippen LogP contribution in [0, 0.1) is 0 Å². The van der Waals surface area contributed by atoms with Gasteiger partial charge in [-0.25, -0.2) is 0 Å². The van der Waals surface area contributed by atoms with Crippen LogP contribution in [0.1, 0.15) is 36.5 Å². The second-order valence-corrected chi connectivity index (χ2v) is 9.69. The van der Waals surface area contributed by atoms with Crippen LogP contribution in [-0.2, 0) is 16.0 Å². The standard InChI is InChI=1S/C23H21Cl3N2O4/c24-12-7-16-15(17(25)8-12)10-19(27-6-5-14(29)11-27)23(16)32-20-2-1-13(9-18(20)26)28-21(30)3-4-22(28)31/h1-2,7-9,14,19,23,29H,3-6,10-11H2/t14-,19+,23+/m1/s1. The Bertz CT molecular complexity index is 1090. The van der Waals surface area contributed by atoms with Crippen molar-refractivity contribution < 1.29 is 19.4 Å². The van der Waals surface area contributed by atoms with Crippen LogP contribution in [-0.4, -0.2) is 47.1 Å². The van der Waals surface area contributed by atoms with Gasteiger partial charge >= 0.3 is 0 Å². The summed E-state index contributed by atoms with van der Waals surface area (Å²) in [7, 11) is 0. The molecule has 9 heteroatoms. The predicted octanol–water partition coefficient (Wildman–Crippen LogP) is 4.41. The van der Waals surface area contributed by atoms with Gasteiger partial charge in [-0.2, -0.15) is 0 Å². The van der Waals surface area contributed by atoms with Gasteiger partial charge in [0.25, 0.3) is 0 Å². The first kappa shape index (κ1) is 22.0. The highest BCUT2D eigenvalue weighted by Gasteiger charge is 2.42. The molecule has 0 aromatic heterocycles. The molecule has 2 aromatic carbocycles. The first-order valence-electron chi connectivity index (χ1n) is 10.5. The Labute approximate surface area is 200 Å². The lowest BCUT2D eigenvalue weighted by Gasteiger charge is -2.30. The zero-order valence-electron chi connectivity index (χ0n) is 17.1. The van der Waals surface area contributed by atoms with Crippen LogP contribution < -0.4 is 9.64 Å². The van der Waals surface area contributed by atoms with Crippen LogP contribution in [0.4, 0.5) is 5.69 Å². The van der Waals surface area contributed by atoms with Crippen molar-refractivity contribution in [1.29, 1.82) is 0 Å². The van der Waals surface area contributed by atoms with E-state index in [1.54, 1.807) is 24.3 Å². The number of nitrogens with zero attached hydrogens (tertiary/aromatic N) is 2. The Morgan fingerprint density at radius 2 is 1.75 bits per heavy atom. The zero-order chi connectivity index (χ0) is 22.6. The highest BCUT2D eigenvalue weighted by Crippen LogP contribution is 2.44. The lowest BCUT2D eigenvalue weighted by molar-refractivity contribution is -0.121. The van der Waals surface area contributed by atoms with Gasteiger partial charge < -0.3 is 9.84 Å². The van der Waals surface area contributed by atoms with E-state index in [4.69, 9.17) is 39.5 Å². The summed E-state index contributed by atoms with van der Waals surface area (Å²) in [6.07, 6.45) is 1.05. The van der Waals surface area contributed by atoms with E-state index in [9.17, 15) is 14.7 Å². The minimum atomic E-state index is -0.384. The van der Waals surface area contributed by atoms with Crippen LogP contribution in [0.25, 0.3) is 0 Å². The van der Waals surface area contributed by atoms with Gasteiger partial charge in [-0.3, -0.25) is 19.4 Å². The number of rotatable bonds is 4. The molecule has 2 fully saturated rings. The lowest BCUT2D eigenvalue weighted by atomic mass is 10.1. The Balaban J connectivity index is 1.47. The molecular weight excluding hydrogens is 475 g/mol. The predicted molar refractivity (Wildman–Crippen MR) is 123 cm³/mol. The SMILES string of the molecule is O=C1CCC(=O)N1c1ccc(O[C@H]2c3cc(Cl)cc(Cl)c3C[C@@H]2N2CC[C@@H](O)C2)c(Cl)c1. The smallest absolute Gasteiger partial charge is 0.234 e. The number of likely N-dealkylation sites (tertiary alicyclic amines) is 1. The molecule has 5 rings (SSSR count). The van der Waals surface area contributed by atoms with Crippen molar-refractivity contribution in [3.8, 4) is 5.75 Å². The quantitative estimate of drug-likeness (QED) is 0.636. The van der Waals surface area contributed by atoms with Crippen LogP contribution in [0.5, 0.6) is 5.75 Å². The number of imide groups is 1. The molecule has 2 amide bonds. The second kappa shape index (κ2) is 8.50. The number of hydrogen-bond acceptors (Lipinski definition) is 5. The van der Waals surface area contributed by atoms with Gasteiger partial charge in [0, 0.05) is 41.5 Å². The summed E-state index contributed by atoms with van der Waals surface area (Å²) in [5, 5.41) is 11.5. The summed E-state index contributed by atoms with van der Waals surface area (Å²) in [4.78, 5) is 27.5. The molecule has 0 unspecified atom stereocenters. The molecule has 6 nitrogen and oxygen atoms in total. The van der Waals surface area contributed by atoms with Gasteiger partial charge in [-0.15, -0.1) is 0 Å². The topological polar surface area (TPSA) is 70.1 Å². The molecule has 3 aliphatic rings. The highest BCUT2D eigenvalue weighted by molar-refractivity contribution is 6.35. The normalized spacial score (nSPS) is 25.6. The summed E-state index contributed by atoms with van der Waals surface area (Å²) in [5.41, 5.74) is 2.32. The van der Waals surface area contributed by atoms with E-state index in [1.165, 1.54) is 0 Å². The summed E-state index contributed by atoms with van der Waals surface area (Å²) in [5.74, 6) is -0.0315. The van der Waals surface area contributed by atoms with Crippen molar-refractivity contribution >= 4 is 52.3 Å². The molecule has 1 N–H and O–H groups in total. The average molecular weight is 496 g/mol. The molecule has 32 heavy (non-hydrogen) atoms. The van der Waals surface area contributed by atoms with Gasteiger partial charge in [0.1, 0.15) is 11.9 Å². The Hall–Kier alpha value is -1.83. The van der Waals surface area contributed by atoms with Crippen LogP contribution in [0.3, 0.4) is 0 Å². The fraction of sp³-hybridized carbons (Fsp3) is 0.391. The number of amides is 2. The van der Waals surface area contributed by atoms with Gasteiger partial charge in [0.2, 0.25) is 11.8 Å². The number of anilines is 1. The molecule has 2 aliphatic heterocycles. The molecule has 2 aromatic rings. The van der Waals surface area contributed by atoms with E-state index in [0.29, 0.717) is 45.9 Å². The third-order valence-electron chi connectivity index (χ3n) is 6.41. The fourth-order valence-electron chi connectivity index (χ4n) is 4.87. The molecule has 1 aliphatic carbocycles. The molecule has 0 saturated carbocycles. The largest absolute Gasteiger partial charge is 0.482 e. The third-order valence-corrected chi connectivity index (χ3v) is 7.26. The van der Waals surface area contributed by atoms with Crippen molar-refractivity contribution in [3.63, 3.8) is 0 Å². The van der Waals surface area contributed by atoms with E-state index in [2.05, 4.69) is 4.90 Å². The van der Waals surface area contributed by atoms with Crippen LogP contribution in [0.2, 0.25) is 15.1 Å². The molecule has 168 valence electrons. The van der Waals surface area contributed by atoms with Crippen molar-refractivity contribution in [2.75, 3.05) is 18.0 Å². The monoisotopic (exact) mass is 494 g/mol. The van der Waals surface area contributed by atoms with Crippen molar-refractivity contribution in [2.24, 2.45) is 0 Å². The van der Waals surface area contributed by atoms with Gasteiger partial charge in [-0.05, 0) is 48.7 Å². The highest BCUT2D eigenvalue weighted by atomic mass is 35.5. The van der Waals surface area contributed by atoms with Crippen LogP contribution in [0.15, 0.2) is 30.3 Å². The average Bonchev–Trinajstić information content (AvgIpc) is 3.41. The summed E-state index contributed by atoms with van der Waals surface area (Å²) in [6, 6.07) is 8.48. The van der Waals surface area contributed by atoms with E-state index in [0.717, 1.165) is 22.6 Å². The number of carbonyl (C=O) groups excluding carboxylic acids is 2. The fourth-order valence-corrected chi connectivity index (χ4v) is 5.68. The van der Waals surface area contributed by atoms with Crippen molar-refractivity contribution in [3.05, 3.63) is 56.5 Å². The molecule has 0 bridgehead atoms. The first-order valence-corrected chi connectivity index (χ1v) is 11.7. The zero-order valence-corrected chi connectivity index (χ0v) is 19.3. The molecular formula is C23H21Cl3N2O4. The second-order valence-electron chi connectivity index (χ2n) is 8.44. The number of aliphatic hydroxyl groups excluding tert-OH is 1. The molecule has 0 spiro atoms. The van der Waals surface area contributed by atoms with E-state index < -0.39 is 0 Å². The van der Waals surface area contributed by atoms with Gasteiger partial charge in [0.05, 0.1) is 22.9 Å².